The average molecular weight is 240 g/mol. The molecule has 2 N–H and O–H groups in total. The maximum absolute atomic E-state index is 13.3. The molecule has 0 amide bonds. The second kappa shape index (κ2) is 5.96. The Morgan fingerprint density at radius 2 is 2.24 bits per heavy atom. The van der Waals surface area contributed by atoms with Gasteiger partial charge in [-0.15, -0.1) is 0 Å². The van der Waals surface area contributed by atoms with Crippen molar-refractivity contribution in [2.45, 2.75) is 19.3 Å². The quantitative estimate of drug-likeness (QED) is 0.845. The van der Waals surface area contributed by atoms with Crippen molar-refractivity contribution in [1.29, 1.82) is 0 Å². The van der Waals surface area contributed by atoms with Crippen molar-refractivity contribution < 1.29 is 8.78 Å². The van der Waals surface area contributed by atoms with Gasteiger partial charge < -0.3 is 10.6 Å². The molecular weight excluding hydrogens is 222 g/mol. The summed E-state index contributed by atoms with van der Waals surface area (Å²) in [4.78, 5) is 0. The van der Waals surface area contributed by atoms with Crippen LogP contribution in [0.4, 0.5) is 14.5 Å². The van der Waals surface area contributed by atoms with Gasteiger partial charge in [-0.2, -0.15) is 0 Å². The highest BCUT2D eigenvalue weighted by atomic mass is 19.1. The SMILES string of the molecule is Fc1ccc(F)c(NCCC2CCCNC2)c1. The lowest BCUT2D eigenvalue weighted by Gasteiger charge is -2.22. The van der Waals surface area contributed by atoms with Gasteiger partial charge in [-0.25, -0.2) is 8.78 Å². The van der Waals surface area contributed by atoms with Crippen molar-refractivity contribution in [3.05, 3.63) is 29.8 Å². The van der Waals surface area contributed by atoms with Gasteiger partial charge in [-0.05, 0) is 56.5 Å². The lowest BCUT2D eigenvalue weighted by atomic mass is 9.96. The van der Waals surface area contributed by atoms with Crippen LogP contribution in [-0.4, -0.2) is 19.6 Å². The number of benzene rings is 1. The highest BCUT2D eigenvalue weighted by Crippen LogP contribution is 2.17. The number of nitrogens with one attached hydrogen (secondary N) is 2. The molecular formula is C13H18F2N2. The summed E-state index contributed by atoms with van der Waals surface area (Å²) in [6, 6.07) is 3.49. The number of rotatable bonds is 4. The maximum atomic E-state index is 13.3. The van der Waals surface area contributed by atoms with Crippen molar-refractivity contribution in [3.63, 3.8) is 0 Å². The molecule has 0 aliphatic carbocycles. The first-order valence-corrected chi connectivity index (χ1v) is 6.15. The minimum atomic E-state index is -0.409. The van der Waals surface area contributed by atoms with Gasteiger partial charge in [0, 0.05) is 6.54 Å². The van der Waals surface area contributed by atoms with Crippen LogP contribution in [0.5, 0.6) is 0 Å². The van der Waals surface area contributed by atoms with Crippen LogP contribution in [0.2, 0.25) is 0 Å². The van der Waals surface area contributed by atoms with Crippen LogP contribution in [0.3, 0.4) is 0 Å². The summed E-state index contributed by atoms with van der Waals surface area (Å²) in [7, 11) is 0. The zero-order valence-corrected chi connectivity index (χ0v) is 9.81. The van der Waals surface area contributed by atoms with Crippen LogP contribution in [-0.2, 0) is 0 Å². The van der Waals surface area contributed by atoms with Crippen molar-refractivity contribution in [2.24, 2.45) is 5.92 Å². The van der Waals surface area contributed by atoms with E-state index in [4.69, 9.17) is 0 Å². The van der Waals surface area contributed by atoms with Gasteiger partial charge in [0.25, 0.3) is 0 Å². The van der Waals surface area contributed by atoms with Gasteiger partial charge in [-0.3, -0.25) is 0 Å². The zero-order valence-electron chi connectivity index (χ0n) is 9.81. The second-order valence-electron chi connectivity index (χ2n) is 4.55. The monoisotopic (exact) mass is 240 g/mol. The van der Waals surface area contributed by atoms with E-state index in [0.717, 1.165) is 31.6 Å². The Bertz CT molecular complexity index is 362. The molecule has 0 radical (unpaired) electrons. The van der Waals surface area contributed by atoms with E-state index in [1.54, 1.807) is 0 Å². The van der Waals surface area contributed by atoms with Gasteiger partial charge in [0.2, 0.25) is 0 Å². The molecule has 0 saturated carbocycles. The van der Waals surface area contributed by atoms with Gasteiger partial charge >= 0.3 is 0 Å². The standard InChI is InChI=1S/C13H18F2N2/c14-11-3-4-12(15)13(8-11)17-7-5-10-2-1-6-16-9-10/h3-4,8,10,16-17H,1-2,5-7,9H2. The van der Waals surface area contributed by atoms with E-state index in [2.05, 4.69) is 10.6 Å². The number of hydrogen-bond donors (Lipinski definition) is 2. The van der Waals surface area contributed by atoms with Crippen LogP contribution < -0.4 is 10.6 Å². The lowest BCUT2D eigenvalue weighted by molar-refractivity contribution is 0.364. The average Bonchev–Trinajstić information content (AvgIpc) is 2.35. The summed E-state index contributed by atoms with van der Waals surface area (Å²) in [5.41, 5.74) is 0.258. The Labute approximate surface area is 100 Å². The Balaban J connectivity index is 1.79. The van der Waals surface area contributed by atoms with E-state index in [-0.39, 0.29) is 5.69 Å². The third kappa shape index (κ3) is 3.66. The normalized spacial score (nSPS) is 20.2. The fourth-order valence-corrected chi connectivity index (χ4v) is 2.21. The van der Waals surface area contributed by atoms with Crippen molar-refractivity contribution >= 4 is 5.69 Å². The van der Waals surface area contributed by atoms with Crippen molar-refractivity contribution in [2.75, 3.05) is 25.0 Å². The van der Waals surface area contributed by atoms with E-state index >= 15 is 0 Å². The Kier molecular flexibility index (Phi) is 4.31. The topological polar surface area (TPSA) is 24.1 Å². The number of anilines is 1. The molecule has 2 rings (SSSR count). The molecule has 1 aliphatic rings. The summed E-state index contributed by atoms with van der Waals surface area (Å²) in [5, 5.41) is 6.30. The molecule has 0 bridgehead atoms. The molecule has 1 saturated heterocycles. The summed E-state index contributed by atoms with van der Waals surface area (Å²) in [5.74, 6) is -0.158. The van der Waals surface area contributed by atoms with Gasteiger partial charge in [0.1, 0.15) is 11.6 Å². The van der Waals surface area contributed by atoms with Gasteiger partial charge in [0.15, 0.2) is 0 Å². The Morgan fingerprint density at radius 1 is 1.35 bits per heavy atom. The molecule has 1 heterocycles. The third-order valence-electron chi connectivity index (χ3n) is 3.20. The number of piperidine rings is 1. The highest BCUT2D eigenvalue weighted by Gasteiger charge is 2.12. The van der Waals surface area contributed by atoms with Crippen molar-refractivity contribution in [3.8, 4) is 0 Å². The summed E-state index contributed by atoms with van der Waals surface area (Å²) in [6.45, 7) is 2.82. The molecule has 2 nitrogen and oxygen atoms in total. The van der Waals surface area contributed by atoms with Crippen LogP contribution in [0.1, 0.15) is 19.3 Å². The Morgan fingerprint density at radius 3 is 3.00 bits per heavy atom. The first kappa shape index (κ1) is 12.3. The molecule has 1 aromatic rings. The van der Waals surface area contributed by atoms with Crippen LogP contribution >= 0.6 is 0 Å². The molecule has 1 fully saturated rings. The molecule has 1 aromatic carbocycles. The zero-order chi connectivity index (χ0) is 12.1. The minimum Gasteiger partial charge on any atom is -0.383 e. The first-order valence-electron chi connectivity index (χ1n) is 6.15. The number of hydrogen-bond acceptors (Lipinski definition) is 2. The molecule has 1 aliphatic heterocycles. The summed E-state index contributed by atoms with van der Waals surface area (Å²) >= 11 is 0. The van der Waals surface area contributed by atoms with E-state index in [0.29, 0.717) is 12.5 Å². The lowest BCUT2D eigenvalue weighted by Crippen LogP contribution is -2.30. The fraction of sp³-hybridized carbons (Fsp3) is 0.538. The maximum Gasteiger partial charge on any atom is 0.146 e. The molecule has 1 atom stereocenters. The fourth-order valence-electron chi connectivity index (χ4n) is 2.21. The van der Waals surface area contributed by atoms with Gasteiger partial charge in [-0.1, -0.05) is 0 Å². The molecule has 17 heavy (non-hydrogen) atoms. The molecule has 4 heteroatoms. The van der Waals surface area contributed by atoms with E-state index in [1.165, 1.54) is 18.9 Å². The summed E-state index contributed by atoms with van der Waals surface area (Å²) < 4.78 is 26.2. The van der Waals surface area contributed by atoms with Crippen LogP contribution in [0.25, 0.3) is 0 Å². The predicted molar refractivity (Wildman–Crippen MR) is 65.1 cm³/mol. The largest absolute Gasteiger partial charge is 0.383 e. The molecule has 94 valence electrons. The smallest absolute Gasteiger partial charge is 0.146 e. The van der Waals surface area contributed by atoms with E-state index < -0.39 is 11.6 Å². The first-order chi connectivity index (χ1) is 8.25. The van der Waals surface area contributed by atoms with Crippen LogP contribution in [0.15, 0.2) is 18.2 Å². The van der Waals surface area contributed by atoms with Gasteiger partial charge in [0.05, 0.1) is 5.69 Å². The minimum absolute atomic E-state index is 0.258. The van der Waals surface area contributed by atoms with Crippen LogP contribution in [0, 0.1) is 17.6 Å². The highest BCUT2D eigenvalue weighted by molar-refractivity contribution is 5.44. The second-order valence-corrected chi connectivity index (χ2v) is 4.55. The third-order valence-corrected chi connectivity index (χ3v) is 3.20. The van der Waals surface area contributed by atoms with E-state index in [1.807, 2.05) is 0 Å². The molecule has 1 unspecified atom stereocenters. The number of halogens is 2. The predicted octanol–water partition coefficient (Wildman–Crippen LogP) is 2.77. The Hall–Kier alpha value is -1.16. The molecule has 0 aromatic heterocycles. The molecule has 0 spiro atoms. The van der Waals surface area contributed by atoms with E-state index in [9.17, 15) is 8.78 Å². The summed E-state index contributed by atoms with van der Waals surface area (Å²) in [6.07, 6.45) is 3.42. The van der Waals surface area contributed by atoms with Crippen molar-refractivity contribution in [1.82, 2.24) is 5.32 Å².